The molecule has 0 aliphatic heterocycles. The molecule has 56 valence electrons. The second-order valence-electron chi connectivity index (χ2n) is 2.64. The van der Waals surface area contributed by atoms with Crippen LogP contribution in [0.3, 0.4) is 0 Å². The third-order valence-electron chi connectivity index (χ3n) is 1.65. The van der Waals surface area contributed by atoms with Gasteiger partial charge in [-0.25, -0.2) is 0 Å². The third-order valence-corrected chi connectivity index (χ3v) is 2.63. The molecule has 0 aromatic rings. The highest BCUT2D eigenvalue weighted by Gasteiger charge is 2.17. The fourth-order valence-corrected chi connectivity index (χ4v) is 1.19. The summed E-state index contributed by atoms with van der Waals surface area (Å²) >= 11 is 0.780. The van der Waals surface area contributed by atoms with Crippen LogP contribution in [-0.2, 0) is 3.79 Å². The summed E-state index contributed by atoms with van der Waals surface area (Å²) in [7, 11) is 0. The molecule has 2 heteroatoms. The highest BCUT2D eigenvalue weighted by molar-refractivity contribution is 5.98. The van der Waals surface area contributed by atoms with Gasteiger partial charge in [0.1, 0.15) is 0 Å². The van der Waals surface area contributed by atoms with E-state index in [1.807, 2.05) is 12.2 Å². The highest BCUT2D eigenvalue weighted by atomic mass is 27.1. The molecule has 10 heavy (non-hydrogen) atoms. The Balaban J connectivity index is 3.92. The van der Waals surface area contributed by atoms with Crippen LogP contribution in [0.15, 0.2) is 25.3 Å². The zero-order valence-corrected chi connectivity index (χ0v) is 8.89. The molecule has 0 N–H and O–H groups in total. The predicted octanol–water partition coefficient (Wildman–Crippen LogP) is 1.46. The summed E-state index contributed by atoms with van der Waals surface area (Å²) in [6.07, 6.45) is 5.59. The molecule has 0 heterocycles. The average molecular weight is 154 g/mol. The Morgan fingerprint density at radius 2 is 1.80 bits per heavy atom. The molecule has 0 amide bonds. The molecular formula is C8H15AlO. The first kappa shape index (κ1) is 9.97. The summed E-state index contributed by atoms with van der Waals surface area (Å²) in [5.74, 6) is 0. The van der Waals surface area contributed by atoms with Gasteiger partial charge in [0.15, 0.2) is 0 Å². The normalized spacial score (nSPS) is 10.9. The van der Waals surface area contributed by atoms with Gasteiger partial charge in [-0.05, 0) is 19.8 Å². The third kappa shape index (κ3) is 3.22. The molecule has 0 spiro atoms. The Labute approximate surface area is 71.5 Å². The van der Waals surface area contributed by atoms with Gasteiger partial charge in [-0.3, -0.25) is 0 Å². The lowest BCUT2D eigenvalue weighted by Gasteiger charge is -2.27. The van der Waals surface area contributed by atoms with E-state index in [1.165, 1.54) is 0 Å². The summed E-state index contributed by atoms with van der Waals surface area (Å²) in [4.78, 5) is 0. The molecule has 0 atom stereocenters. The molecule has 0 saturated heterocycles. The first-order valence-corrected chi connectivity index (χ1v) is 4.27. The Kier molecular flexibility index (Phi) is 4.72. The molecule has 0 radical (unpaired) electrons. The number of hydrogen-bond acceptors (Lipinski definition) is 1. The predicted molar refractivity (Wildman–Crippen MR) is 47.7 cm³/mol. The minimum atomic E-state index is -0.0320. The average Bonchev–Trinajstić information content (AvgIpc) is 1.89. The van der Waals surface area contributed by atoms with Crippen molar-refractivity contribution < 1.29 is 3.79 Å². The zero-order chi connectivity index (χ0) is 8.04. The zero-order valence-electron chi connectivity index (χ0n) is 6.89. The summed E-state index contributed by atoms with van der Waals surface area (Å²) in [6.45, 7) is 9.44. The summed E-state index contributed by atoms with van der Waals surface area (Å²) in [5.41, 5.74) is -0.0320. The van der Waals surface area contributed by atoms with Crippen LogP contribution in [0.5, 0.6) is 0 Å². The van der Waals surface area contributed by atoms with E-state index in [-0.39, 0.29) is 5.60 Å². The Morgan fingerprint density at radius 1 is 1.40 bits per heavy atom. The Hall–Kier alpha value is -0.0275. The number of hydrogen-bond donors (Lipinski definition) is 0. The standard InChI is InChI=1S/C8H13O.Al.2H/c1-4-6-8(3,9)7-5-2;;;/h4-5H,1-2,6-7H2,3H3;;;/q-1;+1;;. The van der Waals surface area contributed by atoms with Crippen LogP contribution in [0.25, 0.3) is 0 Å². The van der Waals surface area contributed by atoms with Crippen molar-refractivity contribution in [2.75, 3.05) is 0 Å². The van der Waals surface area contributed by atoms with Crippen molar-refractivity contribution in [1.82, 2.24) is 0 Å². The van der Waals surface area contributed by atoms with Gasteiger partial charge in [0.25, 0.3) is 0 Å². The maximum absolute atomic E-state index is 5.42. The van der Waals surface area contributed by atoms with Crippen LogP contribution in [0.1, 0.15) is 19.8 Å². The summed E-state index contributed by atoms with van der Waals surface area (Å²) in [5, 5.41) is 0. The van der Waals surface area contributed by atoms with E-state index in [9.17, 15) is 0 Å². The molecule has 0 bridgehead atoms. The topological polar surface area (TPSA) is 9.23 Å². The second-order valence-corrected chi connectivity index (χ2v) is 3.05. The van der Waals surface area contributed by atoms with Crippen molar-refractivity contribution in [1.29, 1.82) is 0 Å². The van der Waals surface area contributed by atoms with Crippen LogP contribution in [-0.4, -0.2) is 22.2 Å². The highest BCUT2D eigenvalue weighted by Crippen LogP contribution is 2.18. The van der Waals surface area contributed by atoms with E-state index >= 15 is 0 Å². The molecule has 0 rings (SSSR count). The molecular weight excluding hydrogens is 139 g/mol. The van der Waals surface area contributed by atoms with Crippen molar-refractivity contribution in [3.8, 4) is 0 Å². The first-order valence-electron chi connectivity index (χ1n) is 3.45. The van der Waals surface area contributed by atoms with Gasteiger partial charge in [-0.1, -0.05) is 12.2 Å². The van der Waals surface area contributed by atoms with E-state index in [2.05, 4.69) is 20.1 Å². The van der Waals surface area contributed by atoms with Crippen LogP contribution in [0.4, 0.5) is 0 Å². The van der Waals surface area contributed by atoms with E-state index < -0.39 is 0 Å². The molecule has 0 aromatic carbocycles. The Morgan fingerprint density at radius 3 is 2.00 bits per heavy atom. The first-order chi connectivity index (χ1) is 4.68. The van der Waals surface area contributed by atoms with E-state index in [0.717, 1.165) is 29.5 Å². The largest absolute Gasteiger partial charge is 0.501 e. The minimum absolute atomic E-state index is 0.0320. The molecule has 0 aliphatic carbocycles. The molecule has 0 fully saturated rings. The molecule has 0 aliphatic rings. The van der Waals surface area contributed by atoms with Gasteiger partial charge >= 0.3 is 16.6 Å². The SMILES string of the molecule is C=CCC(C)(CC=C)[O][AlH2]. The molecule has 1 nitrogen and oxygen atoms in total. The van der Waals surface area contributed by atoms with Crippen molar-refractivity contribution >= 4 is 16.6 Å². The maximum atomic E-state index is 5.42. The molecule has 0 saturated carbocycles. The van der Waals surface area contributed by atoms with Gasteiger partial charge in [-0.15, -0.1) is 13.2 Å². The second kappa shape index (κ2) is 4.74. The van der Waals surface area contributed by atoms with Crippen LogP contribution in [0.2, 0.25) is 0 Å². The van der Waals surface area contributed by atoms with Crippen molar-refractivity contribution in [3.05, 3.63) is 25.3 Å². The van der Waals surface area contributed by atoms with Gasteiger partial charge in [0, 0.05) is 5.60 Å². The van der Waals surface area contributed by atoms with Crippen LogP contribution in [0, 0.1) is 0 Å². The van der Waals surface area contributed by atoms with Crippen LogP contribution >= 0.6 is 0 Å². The quantitative estimate of drug-likeness (QED) is 0.430. The summed E-state index contributed by atoms with van der Waals surface area (Å²) in [6, 6.07) is 0. The smallest absolute Gasteiger partial charge is 0.410 e. The lowest BCUT2D eigenvalue weighted by atomic mass is 9.99. The monoisotopic (exact) mass is 154 g/mol. The lowest BCUT2D eigenvalue weighted by Crippen LogP contribution is -2.25. The number of rotatable bonds is 5. The Bertz CT molecular complexity index is 110. The lowest BCUT2D eigenvalue weighted by molar-refractivity contribution is 0.108. The van der Waals surface area contributed by atoms with E-state index in [1.54, 1.807) is 0 Å². The van der Waals surface area contributed by atoms with Crippen molar-refractivity contribution in [2.24, 2.45) is 0 Å². The maximum Gasteiger partial charge on any atom is 0.410 e. The summed E-state index contributed by atoms with van der Waals surface area (Å²) < 4.78 is 5.42. The van der Waals surface area contributed by atoms with Crippen LogP contribution < -0.4 is 0 Å². The van der Waals surface area contributed by atoms with Gasteiger partial charge in [0.2, 0.25) is 0 Å². The molecule has 0 aromatic heterocycles. The van der Waals surface area contributed by atoms with Crippen molar-refractivity contribution in [3.63, 3.8) is 0 Å². The van der Waals surface area contributed by atoms with Gasteiger partial charge in [-0.2, -0.15) is 0 Å². The fraction of sp³-hybridized carbons (Fsp3) is 0.500. The van der Waals surface area contributed by atoms with Gasteiger partial charge < -0.3 is 3.79 Å². The van der Waals surface area contributed by atoms with Gasteiger partial charge in [0.05, 0.1) is 0 Å². The fourth-order valence-electron chi connectivity index (χ4n) is 0.861. The van der Waals surface area contributed by atoms with E-state index in [0.29, 0.717) is 0 Å². The molecule has 0 unspecified atom stereocenters. The van der Waals surface area contributed by atoms with E-state index in [4.69, 9.17) is 3.79 Å². The van der Waals surface area contributed by atoms with Crippen molar-refractivity contribution in [2.45, 2.75) is 25.4 Å². The minimum Gasteiger partial charge on any atom is -0.501 e.